The molecule has 2 fully saturated rings. The molecule has 0 atom stereocenters. The SMILES string of the molecule is COCC1(C(=O)NCC2(CCO)CCCC2)CCNCC1.Cl. The van der Waals surface area contributed by atoms with Gasteiger partial charge in [-0.15, -0.1) is 12.4 Å². The summed E-state index contributed by atoms with van der Waals surface area (Å²) < 4.78 is 5.32. The average Bonchev–Trinajstić information content (AvgIpc) is 2.95. The van der Waals surface area contributed by atoms with Crippen molar-refractivity contribution in [3.63, 3.8) is 0 Å². The third kappa shape index (κ3) is 4.57. The zero-order valence-electron chi connectivity index (χ0n) is 13.7. The van der Waals surface area contributed by atoms with E-state index in [1.165, 1.54) is 12.8 Å². The molecule has 1 aliphatic heterocycles. The second-order valence-corrected chi connectivity index (χ2v) is 6.83. The van der Waals surface area contributed by atoms with E-state index in [2.05, 4.69) is 10.6 Å². The number of hydrogen-bond donors (Lipinski definition) is 3. The molecule has 22 heavy (non-hydrogen) atoms. The van der Waals surface area contributed by atoms with Crippen molar-refractivity contribution >= 4 is 18.3 Å². The molecule has 5 nitrogen and oxygen atoms in total. The molecule has 2 aliphatic rings. The summed E-state index contributed by atoms with van der Waals surface area (Å²) in [5.41, 5.74) is -0.259. The van der Waals surface area contributed by atoms with E-state index in [1.807, 2.05) is 0 Å². The van der Waals surface area contributed by atoms with Crippen molar-refractivity contribution in [3.8, 4) is 0 Å². The summed E-state index contributed by atoms with van der Waals surface area (Å²) in [6, 6.07) is 0. The van der Waals surface area contributed by atoms with Crippen LogP contribution < -0.4 is 10.6 Å². The first kappa shape index (κ1) is 19.7. The number of aliphatic hydroxyl groups is 1. The fraction of sp³-hybridized carbons (Fsp3) is 0.938. The number of aliphatic hydroxyl groups excluding tert-OH is 1. The number of nitrogens with one attached hydrogen (secondary N) is 2. The number of halogens is 1. The van der Waals surface area contributed by atoms with E-state index in [-0.39, 0.29) is 35.8 Å². The Morgan fingerprint density at radius 2 is 1.86 bits per heavy atom. The molecule has 6 heteroatoms. The highest BCUT2D eigenvalue weighted by atomic mass is 35.5. The molecule has 0 aromatic heterocycles. The van der Waals surface area contributed by atoms with Crippen molar-refractivity contribution < 1.29 is 14.6 Å². The van der Waals surface area contributed by atoms with Gasteiger partial charge in [0.05, 0.1) is 12.0 Å². The van der Waals surface area contributed by atoms with Gasteiger partial charge in [0.25, 0.3) is 0 Å². The molecule has 1 amide bonds. The molecule has 1 saturated carbocycles. The van der Waals surface area contributed by atoms with Gasteiger partial charge in [0.15, 0.2) is 0 Å². The van der Waals surface area contributed by atoms with E-state index in [1.54, 1.807) is 7.11 Å². The van der Waals surface area contributed by atoms with E-state index < -0.39 is 0 Å². The zero-order valence-corrected chi connectivity index (χ0v) is 14.5. The normalized spacial score (nSPS) is 22.8. The van der Waals surface area contributed by atoms with Gasteiger partial charge in [0.2, 0.25) is 5.91 Å². The lowest BCUT2D eigenvalue weighted by molar-refractivity contribution is -0.136. The van der Waals surface area contributed by atoms with Gasteiger partial charge in [-0.05, 0) is 50.6 Å². The van der Waals surface area contributed by atoms with Gasteiger partial charge in [-0.3, -0.25) is 4.79 Å². The molecule has 0 spiro atoms. The molecule has 1 aliphatic carbocycles. The molecule has 0 aromatic carbocycles. The predicted octanol–water partition coefficient (Wildman–Crippen LogP) is 1.48. The van der Waals surface area contributed by atoms with Crippen LogP contribution in [0.1, 0.15) is 44.9 Å². The van der Waals surface area contributed by atoms with Crippen molar-refractivity contribution in [1.29, 1.82) is 0 Å². The molecule has 0 unspecified atom stereocenters. The molecule has 1 saturated heterocycles. The van der Waals surface area contributed by atoms with E-state index in [4.69, 9.17) is 4.74 Å². The molecule has 0 bridgehead atoms. The minimum atomic E-state index is -0.376. The molecular formula is C16H31ClN2O3. The lowest BCUT2D eigenvalue weighted by Crippen LogP contribution is -2.52. The minimum Gasteiger partial charge on any atom is -0.396 e. The van der Waals surface area contributed by atoms with Crippen LogP contribution in [0.15, 0.2) is 0 Å². The van der Waals surface area contributed by atoms with Crippen LogP contribution >= 0.6 is 12.4 Å². The minimum absolute atomic E-state index is 0. The number of carbonyl (C=O) groups excluding carboxylic acids is 1. The monoisotopic (exact) mass is 334 g/mol. The lowest BCUT2D eigenvalue weighted by atomic mass is 9.77. The zero-order chi connectivity index (χ0) is 15.2. The van der Waals surface area contributed by atoms with Crippen LogP contribution in [0.25, 0.3) is 0 Å². The molecule has 2 rings (SSSR count). The number of piperidine rings is 1. The fourth-order valence-corrected chi connectivity index (χ4v) is 3.95. The average molecular weight is 335 g/mol. The Labute approximate surface area is 140 Å². The number of hydrogen-bond acceptors (Lipinski definition) is 4. The molecule has 130 valence electrons. The highest BCUT2D eigenvalue weighted by Crippen LogP contribution is 2.40. The Morgan fingerprint density at radius 1 is 1.23 bits per heavy atom. The van der Waals surface area contributed by atoms with Gasteiger partial charge in [0, 0.05) is 20.3 Å². The first-order chi connectivity index (χ1) is 10.2. The molecular weight excluding hydrogens is 304 g/mol. The largest absolute Gasteiger partial charge is 0.396 e. The molecule has 1 heterocycles. The summed E-state index contributed by atoms with van der Waals surface area (Å²) in [7, 11) is 1.67. The number of methoxy groups -OCH3 is 1. The van der Waals surface area contributed by atoms with Gasteiger partial charge in [-0.25, -0.2) is 0 Å². The predicted molar refractivity (Wildman–Crippen MR) is 89.3 cm³/mol. The van der Waals surface area contributed by atoms with E-state index in [0.717, 1.165) is 45.2 Å². The molecule has 3 N–H and O–H groups in total. The van der Waals surface area contributed by atoms with Gasteiger partial charge in [0.1, 0.15) is 0 Å². The van der Waals surface area contributed by atoms with Crippen LogP contribution in [-0.2, 0) is 9.53 Å². The van der Waals surface area contributed by atoms with Crippen molar-refractivity contribution in [2.75, 3.05) is 40.0 Å². The number of rotatable bonds is 7. The van der Waals surface area contributed by atoms with Crippen LogP contribution in [0.3, 0.4) is 0 Å². The van der Waals surface area contributed by atoms with Crippen LogP contribution in [0.2, 0.25) is 0 Å². The summed E-state index contributed by atoms with van der Waals surface area (Å²) in [5, 5.41) is 15.8. The van der Waals surface area contributed by atoms with Gasteiger partial charge >= 0.3 is 0 Å². The quantitative estimate of drug-likeness (QED) is 0.659. The maximum absolute atomic E-state index is 12.7. The Morgan fingerprint density at radius 3 is 2.41 bits per heavy atom. The second kappa shape index (κ2) is 9.06. The number of amides is 1. The van der Waals surface area contributed by atoms with Crippen molar-refractivity contribution in [1.82, 2.24) is 10.6 Å². The van der Waals surface area contributed by atoms with Crippen LogP contribution in [0.5, 0.6) is 0 Å². The van der Waals surface area contributed by atoms with E-state index in [0.29, 0.717) is 13.2 Å². The fourth-order valence-electron chi connectivity index (χ4n) is 3.95. The molecule has 0 aromatic rings. The van der Waals surface area contributed by atoms with Gasteiger partial charge in [-0.1, -0.05) is 12.8 Å². The Bertz CT molecular complexity index is 335. The standard InChI is InChI=1S/C16H30N2O3.ClH/c1-21-13-16(6-9-17-10-7-16)14(20)18-12-15(8-11-19)4-2-3-5-15;/h17,19H,2-13H2,1H3,(H,18,20);1H. The van der Waals surface area contributed by atoms with Gasteiger partial charge in [-0.2, -0.15) is 0 Å². The van der Waals surface area contributed by atoms with Crippen molar-refractivity contribution in [2.24, 2.45) is 10.8 Å². The Hall–Kier alpha value is -0.360. The summed E-state index contributed by atoms with van der Waals surface area (Å²) in [6.07, 6.45) is 7.12. The van der Waals surface area contributed by atoms with Crippen LogP contribution in [-0.4, -0.2) is 51.0 Å². The van der Waals surface area contributed by atoms with Crippen molar-refractivity contribution in [2.45, 2.75) is 44.9 Å². The Balaban J connectivity index is 0.00000242. The van der Waals surface area contributed by atoms with Crippen LogP contribution in [0, 0.1) is 10.8 Å². The first-order valence-electron chi connectivity index (χ1n) is 8.25. The molecule has 0 radical (unpaired) electrons. The smallest absolute Gasteiger partial charge is 0.228 e. The number of carbonyl (C=O) groups is 1. The Kier molecular flexibility index (Phi) is 8.11. The highest BCUT2D eigenvalue weighted by molar-refractivity contribution is 5.85. The first-order valence-corrected chi connectivity index (χ1v) is 8.25. The van der Waals surface area contributed by atoms with E-state index >= 15 is 0 Å². The summed E-state index contributed by atoms with van der Waals surface area (Å²) >= 11 is 0. The summed E-state index contributed by atoms with van der Waals surface area (Å²) in [6.45, 7) is 3.15. The highest BCUT2D eigenvalue weighted by Gasteiger charge is 2.41. The topological polar surface area (TPSA) is 70.6 Å². The van der Waals surface area contributed by atoms with Gasteiger partial charge < -0.3 is 20.5 Å². The second-order valence-electron chi connectivity index (χ2n) is 6.83. The van der Waals surface area contributed by atoms with Crippen LogP contribution in [0.4, 0.5) is 0 Å². The maximum atomic E-state index is 12.7. The van der Waals surface area contributed by atoms with Crippen molar-refractivity contribution in [3.05, 3.63) is 0 Å². The third-order valence-electron chi connectivity index (χ3n) is 5.39. The summed E-state index contributed by atoms with van der Waals surface area (Å²) in [4.78, 5) is 12.7. The number of ether oxygens (including phenoxy) is 1. The maximum Gasteiger partial charge on any atom is 0.228 e. The summed E-state index contributed by atoms with van der Waals surface area (Å²) in [5.74, 6) is 0.134. The van der Waals surface area contributed by atoms with E-state index in [9.17, 15) is 9.90 Å². The third-order valence-corrected chi connectivity index (χ3v) is 5.39. The lowest BCUT2D eigenvalue weighted by Gasteiger charge is -2.37.